The zero-order valence-electron chi connectivity index (χ0n) is 16.3. The number of halogens is 1. The predicted octanol–water partition coefficient (Wildman–Crippen LogP) is 2.40. The molecule has 2 heterocycles. The van der Waals surface area contributed by atoms with Gasteiger partial charge in [0.15, 0.2) is 5.96 Å². The van der Waals surface area contributed by atoms with Gasteiger partial charge in [-0.1, -0.05) is 19.1 Å². The fraction of sp³-hybridized carbons (Fsp3) is 0.526. The third-order valence-electron chi connectivity index (χ3n) is 5.00. The van der Waals surface area contributed by atoms with Crippen LogP contribution >= 0.6 is 24.0 Å². The van der Waals surface area contributed by atoms with E-state index >= 15 is 0 Å². The molecule has 0 radical (unpaired) electrons. The largest absolute Gasteiger partial charge is 0.469 e. The van der Waals surface area contributed by atoms with E-state index in [9.17, 15) is 4.79 Å². The Hall–Kier alpha value is -1.84. The summed E-state index contributed by atoms with van der Waals surface area (Å²) in [5.41, 5.74) is 2.08. The molecule has 0 saturated carbocycles. The van der Waals surface area contributed by atoms with E-state index in [2.05, 4.69) is 32.8 Å². The molecule has 2 unspecified atom stereocenters. The first-order chi connectivity index (χ1) is 12.5. The van der Waals surface area contributed by atoms with Crippen molar-refractivity contribution in [2.45, 2.75) is 20.4 Å². The Morgan fingerprint density at radius 1 is 1.37 bits per heavy atom. The molecule has 0 spiro atoms. The summed E-state index contributed by atoms with van der Waals surface area (Å²) in [7, 11) is 3.46. The Labute approximate surface area is 177 Å². The van der Waals surface area contributed by atoms with Crippen LogP contribution in [-0.2, 0) is 23.1 Å². The third-order valence-corrected chi connectivity index (χ3v) is 5.00. The molecule has 7 nitrogen and oxygen atoms in total. The number of aliphatic imine (C=N–C) groups is 1. The SMILES string of the molecule is CCNC(=NCc1nc2ccccc2n1C)N1CC(C)C(C(=O)OC)C1.I. The number of imidazole rings is 1. The Morgan fingerprint density at radius 2 is 2.11 bits per heavy atom. The number of ether oxygens (including phenoxy) is 1. The number of guanidine groups is 1. The molecule has 2 aromatic rings. The van der Waals surface area contributed by atoms with E-state index < -0.39 is 0 Å². The second-order valence-corrected chi connectivity index (χ2v) is 6.76. The summed E-state index contributed by atoms with van der Waals surface area (Å²) >= 11 is 0. The summed E-state index contributed by atoms with van der Waals surface area (Å²) in [5.74, 6) is 1.71. The molecule has 0 bridgehead atoms. The van der Waals surface area contributed by atoms with Crippen LogP contribution in [0.1, 0.15) is 19.7 Å². The number of methoxy groups -OCH3 is 1. The molecule has 8 heteroatoms. The molecule has 1 aromatic carbocycles. The Bertz CT molecular complexity index is 820. The summed E-state index contributed by atoms with van der Waals surface area (Å²) in [6.45, 7) is 6.80. The number of carbonyl (C=O) groups is 1. The molecule has 27 heavy (non-hydrogen) atoms. The maximum Gasteiger partial charge on any atom is 0.310 e. The molecule has 0 aliphatic carbocycles. The van der Waals surface area contributed by atoms with Gasteiger partial charge in [0.2, 0.25) is 0 Å². The van der Waals surface area contributed by atoms with Crippen LogP contribution in [0.25, 0.3) is 11.0 Å². The van der Waals surface area contributed by atoms with Crippen LogP contribution in [0.3, 0.4) is 0 Å². The van der Waals surface area contributed by atoms with Crippen molar-refractivity contribution in [1.82, 2.24) is 19.8 Å². The molecular formula is C19H28IN5O2. The number of para-hydroxylation sites is 2. The second-order valence-electron chi connectivity index (χ2n) is 6.76. The highest BCUT2D eigenvalue weighted by molar-refractivity contribution is 14.0. The van der Waals surface area contributed by atoms with E-state index in [1.54, 1.807) is 0 Å². The Morgan fingerprint density at radius 3 is 2.78 bits per heavy atom. The van der Waals surface area contributed by atoms with Crippen LogP contribution in [-0.4, -0.2) is 53.1 Å². The van der Waals surface area contributed by atoms with E-state index in [0.29, 0.717) is 13.1 Å². The number of likely N-dealkylation sites (tertiary alicyclic amines) is 1. The van der Waals surface area contributed by atoms with Crippen LogP contribution < -0.4 is 5.32 Å². The number of hydrogen-bond donors (Lipinski definition) is 1. The summed E-state index contributed by atoms with van der Waals surface area (Å²) in [5, 5.41) is 3.33. The molecule has 2 atom stereocenters. The molecule has 3 rings (SSSR count). The van der Waals surface area contributed by atoms with Crippen molar-refractivity contribution < 1.29 is 9.53 Å². The minimum Gasteiger partial charge on any atom is -0.469 e. The number of benzene rings is 1. The molecule has 148 valence electrons. The van der Waals surface area contributed by atoms with Crippen molar-refractivity contribution in [3.05, 3.63) is 30.1 Å². The van der Waals surface area contributed by atoms with Crippen LogP contribution in [0, 0.1) is 11.8 Å². The van der Waals surface area contributed by atoms with Gasteiger partial charge in [-0.2, -0.15) is 0 Å². The number of carbonyl (C=O) groups excluding carboxylic acids is 1. The minimum atomic E-state index is -0.147. The average molecular weight is 485 g/mol. The molecule has 1 fully saturated rings. The maximum atomic E-state index is 12.0. The topological polar surface area (TPSA) is 71.8 Å². The summed E-state index contributed by atoms with van der Waals surface area (Å²) in [4.78, 5) is 23.5. The lowest BCUT2D eigenvalue weighted by atomic mass is 9.99. The lowest BCUT2D eigenvalue weighted by Gasteiger charge is -2.21. The van der Waals surface area contributed by atoms with Gasteiger partial charge in [0.25, 0.3) is 0 Å². The number of nitrogens with one attached hydrogen (secondary N) is 1. The van der Waals surface area contributed by atoms with Crippen molar-refractivity contribution in [1.29, 1.82) is 0 Å². The fourth-order valence-corrected chi connectivity index (χ4v) is 3.51. The van der Waals surface area contributed by atoms with E-state index in [4.69, 9.17) is 9.73 Å². The first-order valence-electron chi connectivity index (χ1n) is 9.06. The van der Waals surface area contributed by atoms with Crippen molar-refractivity contribution in [2.75, 3.05) is 26.7 Å². The number of rotatable bonds is 4. The van der Waals surface area contributed by atoms with Gasteiger partial charge in [-0.3, -0.25) is 4.79 Å². The molecule has 1 aromatic heterocycles. The van der Waals surface area contributed by atoms with Crippen molar-refractivity contribution in [3.63, 3.8) is 0 Å². The van der Waals surface area contributed by atoms with E-state index in [-0.39, 0.29) is 41.8 Å². The molecule has 1 N–H and O–H groups in total. The Balaban J connectivity index is 0.00000261. The average Bonchev–Trinajstić information content (AvgIpc) is 3.19. The van der Waals surface area contributed by atoms with Crippen LogP contribution in [0.15, 0.2) is 29.3 Å². The highest BCUT2D eigenvalue weighted by Crippen LogP contribution is 2.24. The normalized spacial score (nSPS) is 19.9. The molecule has 1 aliphatic rings. The van der Waals surface area contributed by atoms with Gasteiger partial charge in [-0.15, -0.1) is 24.0 Å². The number of nitrogens with zero attached hydrogens (tertiary/aromatic N) is 4. The maximum absolute atomic E-state index is 12.0. The van der Waals surface area contributed by atoms with Crippen LogP contribution in [0.2, 0.25) is 0 Å². The van der Waals surface area contributed by atoms with Gasteiger partial charge in [0, 0.05) is 26.7 Å². The number of fused-ring (bicyclic) bond motifs is 1. The number of aromatic nitrogens is 2. The zero-order valence-corrected chi connectivity index (χ0v) is 18.6. The summed E-state index contributed by atoms with van der Waals surface area (Å²) in [6.07, 6.45) is 0. The molecule has 1 aliphatic heterocycles. The first kappa shape index (κ1) is 21.5. The van der Waals surface area contributed by atoms with Gasteiger partial charge in [-0.25, -0.2) is 9.98 Å². The fourth-order valence-electron chi connectivity index (χ4n) is 3.51. The third kappa shape index (κ3) is 4.53. The number of hydrogen-bond acceptors (Lipinski definition) is 4. The zero-order chi connectivity index (χ0) is 18.7. The first-order valence-corrected chi connectivity index (χ1v) is 9.06. The standard InChI is InChI=1S/C19H27N5O2.HI/c1-5-20-19(24-11-13(2)14(12-24)18(25)26-4)21-10-17-22-15-8-6-7-9-16(15)23(17)3;/h6-9,13-14H,5,10-12H2,1-4H3,(H,20,21);1H. The lowest BCUT2D eigenvalue weighted by Crippen LogP contribution is -2.40. The van der Waals surface area contributed by atoms with Gasteiger partial charge in [-0.05, 0) is 25.0 Å². The van der Waals surface area contributed by atoms with Gasteiger partial charge in [0.1, 0.15) is 12.4 Å². The summed E-state index contributed by atoms with van der Waals surface area (Å²) < 4.78 is 7.01. The van der Waals surface area contributed by atoms with Crippen molar-refractivity contribution in [2.24, 2.45) is 23.9 Å². The predicted molar refractivity (Wildman–Crippen MR) is 117 cm³/mol. The van der Waals surface area contributed by atoms with Gasteiger partial charge in [0.05, 0.1) is 24.1 Å². The molecule has 1 saturated heterocycles. The van der Waals surface area contributed by atoms with Crippen LogP contribution in [0.5, 0.6) is 0 Å². The van der Waals surface area contributed by atoms with E-state index in [0.717, 1.165) is 35.9 Å². The van der Waals surface area contributed by atoms with Crippen LogP contribution in [0.4, 0.5) is 0 Å². The molecular weight excluding hydrogens is 457 g/mol. The van der Waals surface area contributed by atoms with E-state index in [1.165, 1.54) is 7.11 Å². The Kier molecular flexibility index (Phi) is 7.46. The summed E-state index contributed by atoms with van der Waals surface area (Å²) in [6, 6.07) is 8.07. The minimum absolute atomic E-state index is 0. The highest BCUT2D eigenvalue weighted by atomic mass is 127. The smallest absolute Gasteiger partial charge is 0.310 e. The number of esters is 1. The van der Waals surface area contributed by atoms with E-state index in [1.807, 2.05) is 32.2 Å². The monoisotopic (exact) mass is 485 g/mol. The van der Waals surface area contributed by atoms with Gasteiger partial charge >= 0.3 is 5.97 Å². The second kappa shape index (κ2) is 9.38. The quantitative estimate of drug-likeness (QED) is 0.312. The number of aryl methyl sites for hydroxylation is 1. The highest BCUT2D eigenvalue weighted by Gasteiger charge is 2.36. The lowest BCUT2D eigenvalue weighted by molar-refractivity contribution is -0.145. The van der Waals surface area contributed by atoms with Gasteiger partial charge < -0.3 is 19.5 Å². The van der Waals surface area contributed by atoms with Crippen molar-refractivity contribution >= 4 is 46.9 Å². The van der Waals surface area contributed by atoms with Crippen molar-refractivity contribution in [3.8, 4) is 0 Å². The molecule has 0 amide bonds.